The number of ether oxygens (including phenoxy) is 1. The third-order valence-electron chi connectivity index (χ3n) is 14.8. The number of thiophene rings is 1. The Hall–Kier alpha value is -6.13. The quantitative estimate of drug-likeness (QED) is 0.0324. The van der Waals surface area contributed by atoms with E-state index in [9.17, 15) is 34.5 Å². The van der Waals surface area contributed by atoms with Gasteiger partial charge < -0.3 is 35.6 Å². The lowest BCUT2D eigenvalue weighted by molar-refractivity contribution is -0.144. The van der Waals surface area contributed by atoms with Crippen molar-refractivity contribution in [2.24, 2.45) is 5.41 Å². The monoisotopic (exact) mass is 1060 g/mol. The minimum absolute atomic E-state index is 0.0219. The van der Waals surface area contributed by atoms with Crippen LogP contribution in [0, 0.1) is 12.3 Å². The van der Waals surface area contributed by atoms with Crippen LogP contribution in [0.4, 0.5) is 0 Å². The Kier molecular flexibility index (Phi) is 18.5. The number of ketones is 1. The standard InChI is InChI=1S/C60H73N5O8S2/c1-38(40-17-19-42(20-18-40)55-39(2)61-37-74-55)62-58(71)50-34-47(68)36-65(50)59(72)57(60(3,4)5)63-52(69)16-12-7-6-8-13-31-64(44-14-10-9-11-15-44)32-33-73-48-28-23-41(24-29-48)54(70)53-49-30-27-46(67)35-51(49)75-56(53)43-21-25-45(66)26-22-43/h17-30,35,37-38,44,47,50,57,66-68H,6-16,31-34,36H2,1-5H3,(H,62,71)(H,63,69)/t38-,47+,50-,57+/m0/s1. The topological polar surface area (TPSA) is 182 Å². The van der Waals surface area contributed by atoms with Crippen LogP contribution in [0.1, 0.15) is 138 Å². The zero-order valence-electron chi connectivity index (χ0n) is 44.0. The number of thiazole rings is 1. The number of nitrogens with zero attached hydrogens (tertiary/aromatic N) is 3. The number of rotatable bonds is 22. The first-order valence-corrected chi connectivity index (χ1v) is 28.4. The number of phenolic OH excluding ortho intramolecular Hbond substituents is 2. The third kappa shape index (κ3) is 14.0. The number of aryl methyl sites for hydroxylation is 1. The number of carbonyl (C=O) groups excluding carboxylic acids is 4. The molecule has 15 heteroatoms. The van der Waals surface area contributed by atoms with E-state index in [0.29, 0.717) is 42.4 Å². The average Bonchev–Trinajstić information content (AvgIpc) is 4.14. The van der Waals surface area contributed by atoms with Crippen molar-refractivity contribution in [3.63, 3.8) is 0 Å². The molecule has 0 bridgehead atoms. The third-order valence-corrected chi connectivity index (χ3v) is 17.0. The molecule has 5 N–H and O–H groups in total. The molecule has 6 aromatic rings. The first kappa shape index (κ1) is 55.1. The Morgan fingerprint density at radius 2 is 1.48 bits per heavy atom. The zero-order valence-corrected chi connectivity index (χ0v) is 45.6. The van der Waals surface area contributed by atoms with Crippen molar-refractivity contribution in [2.75, 3.05) is 26.2 Å². The van der Waals surface area contributed by atoms with E-state index in [1.807, 2.05) is 76.5 Å². The molecule has 4 atom stereocenters. The van der Waals surface area contributed by atoms with Crippen LogP contribution in [0.2, 0.25) is 0 Å². The molecule has 4 aromatic carbocycles. The molecule has 0 spiro atoms. The van der Waals surface area contributed by atoms with Crippen LogP contribution < -0.4 is 15.4 Å². The first-order valence-electron chi connectivity index (χ1n) is 26.7. The number of likely N-dealkylation sites (tertiary alicyclic amines) is 1. The van der Waals surface area contributed by atoms with Gasteiger partial charge in [-0.25, -0.2) is 4.98 Å². The highest BCUT2D eigenvalue weighted by Crippen LogP contribution is 2.42. The van der Waals surface area contributed by atoms with Gasteiger partial charge >= 0.3 is 0 Å². The van der Waals surface area contributed by atoms with E-state index in [1.54, 1.807) is 65.9 Å². The molecule has 0 unspecified atom stereocenters. The van der Waals surface area contributed by atoms with Crippen LogP contribution in [0.15, 0.2) is 96.5 Å². The van der Waals surface area contributed by atoms with Gasteiger partial charge in [-0.05, 0) is 135 Å². The summed E-state index contributed by atoms with van der Waals surface area (Å²) in [5.41, 5.74) is 6.05. The van der Waals surface area contributed by atoms with Crippen LogP contribution in [0.5, 0.6) is 17.2 Å². The summed E-state index contributed by atoms with van der Waals surface area (Å²) in [5.74, 6) is -0.0467. The summed E-state index contributed by atoms with van der Waals surface area (Å²) in [5, 5.41) is 37.7. The molecular weight excluding hydrogens is 983 g/mol. The summed E-state index contributed by atoms with van der Waals surface area (Å²) in [6.07, 6.45) is 10.3. The SMILES string of the molecule is Cc1ncsc1-c1ccc([C@H](C)NC(=O)[C@@H]2C[C@@H](O)CN2C(=O)[C@@H](NC(=O)CCCCCCCN(CCOc2ccc(C(=O)c3c(-c4ccc(O)cc4)sc4cc(O)ccc34)cc2)C2CCCCC2)C(C)(C)C)cc1. The molecule has 3 amide bonds. The maximum Gasteiger partial charge on any atom is 0.246 e. The number of amides is 3. The minimum atomic E-state index is -0.870. The summed E-state index contributed by atoms with van der Waals surface area (Å²) in [4.78, 5) is 65.8. The second-order valence-corrected chi connectivity index (χ2v) is 23.4. The molecule has 13 nitrogen and oxygen atoms in total. The van der Waals surface area contributed by atoms with E-state index < -0.39 is 23.6 Å². The van der Waals surface area contributed by atoms with Crippen LogP contribution in [-0.4, -0.2) is 104 Å². The van der Waals surface area contributed by atoms with Crippen LogP contribution in [-0.2, 0) is 14.4 Å². The molecule has 2 aliphatic rings. The largest absolute Gasteiger partial charge is 0.508 e. The number of benzene rings is 4. The summed E-state index contributed by atoms with van der Waals surface area (Å²) in [6.45, 7) is 11.9. The number of phenols is 2. The maximum absolute atomic E-state index is 14.2. The molecule has 3 heterocycles. The number of aromatic hydroxyl groups is 2. The van der Waals surface area contributed by atoms with Crippen LogP contribution >= 0.6 is 22.7 Å². The molecule has 1 aliphatic heterocycles. The normalized spacial score (nSPS) is 17.0. The van der Waals surface area contributed by atoms with Crippen LogP contribution in [0.3, 0.4) is 0 Å². The number of nitrogens with one attached hydrogen (secondary N) is 2. The van der Waals surface area contributed by atoms with Gasteiger partial charge in [0.25, 0.3) is 0 Å². The number of hydrogen-bond donors (Lipinski definition) is 5. The van der Waals surface area contributed by atoms with Crippen molar-refractivity contribution >= 4 is 56.3 Å². The van der Waals surface area contributed by atoms with E-state index in [1.165, 1.54) is 48.3 Å². The fourth-order valence-electron chi connectivity index (χ4n) is 10.6. The highest BCUT2D eigenvalue weighted by molar-refractivity contribution is 7.22. The van der Waals surface area contributed by atoms with Gasteiger partial charge in [0.15, 0.2) is 5.78 Å². The van der Waals surface area contributed by atoms with Crippen molar-refractivity contribution in [1.29, 1.82) is 0 Å². The smallest absolute Gasteiger partial charge is 0.246 e. The van der Waals surface area contributed by atoms with Gasteiger partial charge in [0, 0.05) is 58.1 Å². The fraction of sp³-hybridized carbons (Fsp3) is 0.450. The molecule has 75 heavy (non-hydrogen) atoms. The molecule has 1 saturated heterocycles. The number of aliphatic hydroxyl groups excluding tert-OH is 1. The van der Waals surface area contributed by atoms with Gasteiger partial charge in [0.2, 0.25) is 17.7 Å². The van der Waals surface area contributed by atoms with Crippen LogP contribution in [0.25, 0.3) is 31.0 Å². The lowest BCUT2D eigenvalue weighted by atomic mass is 9.85. The molecular formula is C60H73N5O8S2. The second kappa shape index (κ2) is 25.1. The van der Waals surface area contributed by atoms with E-state index in [2.05, 4.69) is 20.5 Å². The Labute approximate surface area is 449 Å². The predicted molar refractivity (Wildman–Crippen MR) is 298 cm³/mol. The van der Waals surface area contributed by atoms with Gasteiger partial charge in [0.05, 0.1) is 28.2 Å². The Morgan fingerprint density at radius 3 is 2.17 bits per heavy atom. The first-order chi connectivity index (χ1) is 36.0. The highest BCUT2D eigenvalue weighted by atomic mass is 32.1. The molecule has 8 rings (SSSR count). The van der Waals surface area contributed by atoms with Crippen molar-refractivity contribution in [3.05, 3.63) is 119 Å². The number of aromatic nitrogens is 1. The molecule has 2 fully saturated rings. The molecule has 2 aromatic heterocycles. The van der Waals surface area contributed by atoms with Crippen molar-refractivity contribution < 1.29 is 39.2 Å². The van der Waals surface area contributed by atoms with Gasteiger partial charge in [-0.2, -0.15) is 0 Å². The predicted octanol–water partition coefficient (Wildman–Crippen LogP) is 11.4. The second-order valence-electron chi connectivity index (χ2n) is 21.5. The van der Waals surface area contributed by atoms with E-state index in [-0.39, 0.29) is 54.0 Å². The van der Waals surface area contributed by atoms with Gasteiger partial charge in [0.1, 0.15) is 35.9 Å². The number of β-amino-alcohol motifs (C(OH)–C–C–N with tert-alkyl or cyclic N) is 1. The summed E-state index contributed by atoms with van der Waals surface area (Å²) >= 11 is 3.02. The van der Waals surface area contributed by atoms with Gasteiger partial charge in [-0.3, -0.25) is 24.1 Å². The van der Waals surface area contributed by atoms with E-state index in [0.717, 1.165) is 81.0 Å². The number of hydrogen-bond acceptors (Lipinski definition) is 12. The molecule has 398 valence electrons. The summed E-state index contributed by atoms with van der Waals surface area (Å²) in [6, 6.07) is 25.6. The molecule has 1 saturated carbocycles. The average molecular weight is 1060 g/mol. The van der Waals surface area contributed by atoms with Gasteiger partial charge in [-0.1, -0.05) is 83.6 Å². The number of aliphatic hydroxyl groups is 1. The molecule has 0 radical (unpaired) electrons. The van der Waals surface area contributed by atoms with Gasteiger partial charge in [-0.15, -0.1) is 22.7 Å². The number of unbranched alkanes of at least 4 members (excludes halogenated alkanes) is 4. The van der Waals surface area contributed by atoms with E-state index >= 15 is 0 Å². The maximum atomic E-state index is 14.2. The highest BCUT2D eigenvalue weighted by Gasteiger charge is 2.44. The summed E-state index contributed by atoms with van der Waals surface area (Å²) in [7, 11) is 0. The Balaban J connectivity index is 0.778. The van der Waals surface area contributed by atoms with Crippen molar-refractivity contribution in [1.82, 2.24) is 25.4 Å². The zero-order chi connectivity index (χ0) is 53.2. The fourth-order valence-corrected chi connectivity index (χ4v) is 12.6. The van der Waals surface area contributed by atoms with Crippen molar-refractivity contribution in [2.45, 2.75) is 142 Å². The number of fused-ring (bicyclic) bond motifs is 1. The minimum Gasteiger partial charge on any atom is -0.508 e. The van der Waals surface area contributed by atoms with Crippen molar-refractivity contribution in [3.8, 4) is 38.1 Å². The molecule has 1 aliphatic carbocycles. The lowest BCUT2D eigenvalue weighted by Gasteiger charge is -2.35. The van der Waals surface area contributed by atoms with E-state index in [4.69, 9.17) is 4.74 Å². The summed E-state index contributed by atoms with van der Waals surface area (Å²) < 4.78 is 7.09. The lowest BCUT2D eigenvalue weighted by Crippen LogP contribution is -2.57. The Bertz CT molecular complexity index is 2890. The Morgan fingerprint density at radius 1 is 0.813 bits per heavy atom. The number of carbonyl (C=O) groups is 4.